The molecule has 0 aromatic heterocycles. The number of rotatable bonds is 14. The Morgan fingerprint density at radius 2 is 1.50 bits per heavy atom. The van der Waals surface area contributed by atoms with Crippen LogP contribution in [-0.2, 0) is 69.4 Å². The maximum absolute atomic E-state index is 15.5. The van der Waals surface area contributed by atoms with Crippen LogP contribution >= 0.6 is 0 Å². The number of amides is 7. The second kappa shape index (κ2) is 26.8. The summed E-state index contributed by atoms with van der Waals surface area (Å²) in [5, 5.41) is 9.47. The molecule has 4 aliphatic heterocycles. The molecule has 7 amide bonds. The monoisotopic (exact) mass is 1240 g/mol. The zero-order valence-electron chi connectivity index (χ0n) is 55.2. The highest BCUT2D eigenvalue weighted by atomic mass is 19.1. The molecule has 19 nitrogen and oxygen atoms in total. The quantitative estimate of drug-likeness (QED) is 0.108. The highest BCUT2D eigenvalue weighted by molar-refractivity contribution is 6.07. The zero-order valence-corrected chi connectivity index (χ0v) is 55.2. The van der Waals surface area contributed by atoms with Gasteiger partial charge < -0.3 is 44.9 Å². The smallest absolute Gasteiger partial charge is 0.410 e. The predicted molar refractivity (Wildman–Crippen MR) is 343 cm³/mol. The van der Waals surface area contributed by atoms with Crippen LogP contribution in [0.5, 0.6) is 0 Å². The fraction of sp³-hybridized carbons (Fsp3) is 0.557. The molecule has 486 valence electrons. The van der Waals surface area contributed by atoms with E-state index >= 15 is 14.4 Å². The van der Waals surface area contributed by atoms with Gasteiger partial charge in [-0.25, -0.2) is 14.0 Å². The summed E-state index contributed by atoms with van der Waals surface area (Å²) in [6.45, 7) is 26.8. The minimum atomic E-state index is -1.28. The first kappa shape index (κ1) is 67.0. The number of benzene rings is 4. The molecule has 2 saturated heterocycles. The highest BCUT2D eigenvalue weighted by Crippen LogP contribution is 2.43. The molecule has 20 heteroatoms. The molecule has 0 radical (unpaired) electrons. The van der Waals surface area contributed by atoms with Crippen molar-refractivity contribution in [1.29, 1.82) is 0 Å². The molecule has 9 rings (SSSR count). The third kappa shape index (κ3) is 15.5. The number of aryl methyl sites for hydroxylation is 1. The number of morpholine rings is 1. The molecule has 0 saturated carbocycles. The highest BCUT2D eigenvalue weighted by Gasteiger charge is 2.49. The maximum atomic E-state index is 15.5. The number of hydrogen-bond acceptors (Lipinski definition) is 12. The second-order valence-corrected chi connectivity index (χ2v) is 28.8. The van der Waals surface area contributed by atoms with Crippen LogP contribution in [0.1, 0.15) is 148 Å². The van der Waals surface area contributed by atoms with E-state index in [9.17, 15) is 23.6 Å². The standard InChI is InChI=1S/C70H94FN9O10/c1-43-36-77(53(38-76-30-31-88-41-44(76)2)39-78(43)66(87)90-69(10,11)12)40-59(81)80-42-70(13,55-29-24-47(33-57(55)80)32-46-22-26-51(71)27-23-46)64(85)72-52-28-25-49-35-58(62(83)73-56-21-17-19-48-18-15-16-20-54(48)56)79(37-50(49)34-52)63(84)60(67(4,5)6)74-61(82)45(3)75(14)65(86)89-68(7,8)9/h15-16,18,20,22-29,33-34,43-45,53,56,58,60H,17,19,21,30-32,35-42H2,1-14H3,(H,72,85)(H,73,83)(H,74,82)/t43-,44-,45+,53+,56-,58+,60-,70?/m1/s1. The Labute approximate surface area is 530 Å². The summed E-state index contributed by atoms with van der Waals surface area (Å²) in [7, 11) is 1.47. The Hall–Kier alpha value is -7.42. The molecule has 1 aliphatic carbocycles. The zero-order chi connectivity index (χ0) is 65.4. The lowest BCUT2D eigenvalue weighted by Gasteiger charge is -2.47. The van der Waals surface area contributed by atoms with Crippen LogP contribution in [0.3, 0.4) is 0 Å². The van der Waals surface area contributed by atoms with Crippen molar-refractivity contribution in [3.63, 3.8) is 0 Å². The Morgan fingerprint density at radius 3 is 2.19 bits per heavy atom. The van der Waals surface area contributed by atoms with E-state index in [4.69, 9.17) is 14.2 Å². The summed E-state index contributed by atoms with van der Waals surface area (Å²) in [5.74, 6) is -2.35. The van der Waals surface area contributed by atoms with Gasteiger partial charge in [-0.05, 0) is 170 Å². The van der Waals surface area contributed by atoms with E-state index in [-0.39, 0.29) is 73.8 Å². The predicted octanol–water partition coefficient (Wildman–Crippen LogP) is 8.92. The third-order valence-corrected chi connectivity index (χ3v) is 18.3. The van der Waals surface area contributed by atoms with Gasteiger partial charge in [0.1, 0.15) is 35.1 Å². The number of ether oxygens (including phenoxy) is 3. The molecule has 8 atom stereocenters. The van der Waals surface area contributed by atoms with Gasteiger partial charge in [-0.3, -0.25) is 38.7 Å². The van der Waals surface area contributed by atoms with Gasteiger partial charge in [0.15, 0.2) is 0 Å². The van der Waals surface area contributed by atoms with E-state index in [1.807, 2.05) is 104 Å². The lowest BCUT2D eigenvalue weighted by molar-refractivity contribution is -0.147. The van der Waals surface area contributed by atoms with E-state index in [0.717, 1.165) is 47.1 Å². The molecule has 5 aliphatic rings. The second-order valence-electron chi connectivity index (χ2n) is 28.8. The van der Waals surface area contributed by atoms with E-state index < -0.39 is 64.2 Å². The molecule has 90 heavy (non-hydrogen) atoms. The molecule has 4 heterocycles. The average Bonchev–Trinajstić information content (AvgIpc) is 1.59. The van der Waals surface area contributed by atoms with E-state index in [1.54, 1.807) is 55.7 Å². The van der Waals surface area contributed by atoms with Crippen LogP contribution in [0.4, 0.5) is 25.4 Å². The van der Waals surface area contributed by atoms with Gasteiger partial charge in [0.2, 0.25) is 29.5 Å². The Balaban J connectivity index is 1.00. The summed E-state index contributed by atoms with van der Waals surface area (Å²) >= 11 is 0. The molecular weight excluding hydrogens is 1150 g/mol. The fourth-order valence-electron chi connectivity index (χ4n) is 13.0. The topological polar surface area (TPSA) is 203 Å². The minimum Gasteiger partial charge on any atom is -0.444 e. The first-order valence-electron chi connectivity index (χ1n) is 31.9. The molecule has 3 N–H and O–H groups in total. The lowest BCUT2D eigenvalue weighted by Crippen LogP contribution is -2.64. The number of likely N-dealkylation sites (N-methyl/N-ethyl adjacent to an activating group) is 1. The third-order valence-electron chi connectivity index (χ3n) is 18.3. The van der Waals surface area contributed by atoms with E-state index in [0.29, 0.717) is 68.3 Å². The largest absolute Gasteiger partial charge is 0.444 e. The Bertz CT molecular complexity index is 3340. The number of piperazine rings is 1. The molecule has 4 aromatic carbocycles. The van der Waals surface area contributed by atoms with Gasteiger partial charge in [0.05, 0.1) is 31.2 Å². The van der Waals surface area contributed by atoms with Crippen LogP contribution in [0.25, 0.3) is 0 Å². The maximum Gasteiger partial charge on any atom is 0.410 e. The van der Waals surface area contributed by atoms with Gasteiger partial charge in [-0.15, -0.1) is 0 Å². The normalized spacial score (nSPS) is 22.9. The minimum absolute atomic E-state index is 0.00410. The molecular formula is C70H94FN9O10. The van der Waals surface area contributed by atoms with Gasteiger partial charge in [0, 0.05) is 82.2 Å². The lowest BCUT2D eigenvalue weighted by atomic mass is 9.82. The summed E-state index contributed by atoms with van der Waals surface area (Å²) in [6.07, 6.45) is 1.98. The van der Waals surface area contributed by atoms with Crippen molar-refractivity contribution in [2.24, 2.45) is 5.41 Å². The van der Waals surface area contributed by atoms with Crippen molar-refractivity contribution in [2.75, 3.05) is 69.7 Å². The number of carbonyl (C=O) groups excluding carboxylic acids is 7. The number of hydrogen-bond donors (Lipinski definition) is 3. The molecule has 2 fully saturated rings. The van der Waals surface area contributed by atoms with Crippen LogP contribution in [0.2, 0.25) is 0 Å². The molecule has 0 bridgehead atoms. The van der Waals surface area contributed by atoms with Gasteiger partial charge in [-0.1, -0.05) is 75.4 Å². The van der Waals surface area contributed by atoms with Crippen molar-refractivity contribution in [3.05, 3.63) is 130 Å². The van der Waals surface area contributed by atoms with Crippen molar-refractivity contribution < 1.29 is 52.2 Å². The number of nitrogens with zero attached hydrogens (tertiary/aromatic N) is 6. The molecule has 1 unspecified atom stereocenters. The van der Waals surface area contributed by atoms with Gasteiger partial charge in [0.25, 0.3) is 0 Å². The number of fused-ring (bicyclic) bond motifs is 3. The fourth-order valence-corrected chi connectivity index (χ4v) is 13.0. The first-order valence-corrected chi connectivity index (χ1v) is 31.9. The van der Waals surface area contributed by atoms with Crippen LogP contribution in [0.15, 0.2) is 84.9 Å². The summed E-state index contributed by atoms with van der Waals surface area (Å²) in [4.78, 5) is 113. The molecule has 4 aromatic rings. The van der Waals surface area contributed by atoms with Crippen molar-refractivity contribution >= 4 is 53.1 Å². The van der Waals surface area contributed by atoms with Crippen molar-refractivity contribution in [3.8, 4) is 0 Å². The number of carbonyl (C=O) groups is 7. The summed E-state index contributed by atoms with van der Waals surface area (Å²) in [5.41, 5.74) is 3.42. The van der Waals surface area contributed by atoms with E-state index in [1.165, 1.54) is 29.0 Å². The number of nitrogens with one attached hydrogen (secondary N) is 3. The molecule has 0 spiro atoms. The number of anilines is 2. The van der Waals surface area contributed by atoms with Crippen molar-refractivity contribution in [2.45, 2.75) is 188 Å². The Morgan fingerprint density at radius 1 is 0.800 bits per heavy atom. The van der Waals surface area contributed by atoms with Crippen LogP contribution in [0, 0.1) is 11.2 Å². The van der Waals surface area contributed by atoms with Crippen LogP contribution in [-0.4, -0.2) is 173 Å². The summed E-state index contributed by atoms with van der Waals surface area (Å²) < 4.78 is 31.3. The van der Waals surface area contributed by atoms with Gasteiger partial charge in [-0.2, -0.15) is 0 Å². The van der Waals surface area contributed by atoms with E-state index in [2.05, 4.69) is 38.7 Å². The first-order chi connectivity index (χ1) is 42.3. The van der Waals surface area contributed by atoms with Gasteiger partial charge >= 0.3 is 12.2 Å². The SMILES string of the molecule is C[C@@H]1COCCN1C[C@H]1CN(C(=O)OC(C)(C)C)[C@H](C)CN1CC(=O)N1CC(C)(C(=O)Nc2ccc3c(c2)CN(C(=O)[C@@H](NC(=O)[C@H](C)N(C)C(=O)OC(C)(C)C)C(C)(C)C)[C@H](C(=O)N[C@@H]2CCCc4ccccc42)C3)c2ccc(Cc3ccc(F)cc3)cc21. The average molecular weight is 1240 g/mol. The summed E-state index contributed by atoms with van der Waals surface area (Å²) in [6, 6.07) is 21.8. The Kier molecular flexibility index (Phi) is 19.9. The number of halogens is 1. The van der Waals surface area contributed by atoms with Crippen molar-refractivity contribution in [1.82, 2.24) is 35.1 Å². The van der Waals surface area contributed by atoms with Crippen LogP contribution < -0.4 is 20.9 Å².